The van der Waals surface area contributed by atoms with Crippen LogP contribution in [0.2, 0.25) is 0 Å². The van der Waals surface area contributed by atoms with Crippen LogP contribution in [0.15, 0.2) is 11.6 Å². The van der Waals surface area contributed by atoms with E-state index in [2.05, 4.69) is 5.32 Å². The van der Waals surface area contributed by atoms with Gasteiger partial charge in [-0.05, 0) is 5.92 Å². The minimum atomic E-state index is -0.318. The average Bonchev–Trinajstić information content (AvgIpc) is 1.98. The smallest absolute Gasteiger partial charge is 0.261 e. The first-order chi connectivity index (χ1) is 5.11. The maximum atomic E-state index is 10.9. The molecule has 0 aliphatic carbocycles. The van der Waals surface area contributed by atoms with Crippen molar-refractivity contribution in [2.45, 2.75) is 13.8 Å². The second kappa shape index (κ2) is 4.51. The Morgan fingerprint density at radius 3 is 2.45 bits per heavy atom. The van der Waals surface area contributed by atoms with Crippen LogP contribution in [0.4, 0.5) is 0 Å². The highest BCUT2D eigenvalue weighted by Gasteiger charge is 2.05. The molecule has 0 atom stereocenters. The fourth-order valence-electron chi connectivity index (χ4n) is 0.632. The molecule has 0 bridgehead atoms. The largest absolute Gasteiger partial charge is 0.354 e. The van der Waals surface area contributed by atoms with Crippen molar-refractivity contribution in [3.05, 3.63) is 11.6 Å². The summed E-state index contributed by atoms with van der Waals surface area (Å²) in [5.41, 5.74) is 0.183. The molecule has 0 rings (SSSR count). The Morgan fingerprint density at radius 2 is 2.18 bits per heavy atom. The van der Waals surface area contributed by atoms with Crippen molar-refractivity contribution in [1.82, 2.24) is 5.32 Å². The summed E-state index contributed by atoms with van der Waals surface area (Å²) in [7, 11) is 1.51. The minimum absolute atomic E-state index is 0.183. The Labute approximate surface area is 66.7 Å². The first-order valence-corrected chi connectivity index (χ1v) is 3.45. The van der Waals surface area contributed by atoms with Gasteiger partial charge in [0.1, 0.15) is 11.6 Å². The van der Waals surface area contributed by atoms with E-state index in [1.165, 1.54) is 7.05 Å². The first-order valence-electron chi connectivity index (χ1n) is 3.45. The summed E-state index contributed by atoms with van der Waals surface area (Å²) >= 11 is 0. The monoisotopic (exact) mass is 152 g/mol. The van der Waals surface area contributed by atoms with Gasteiger partial charge in [-0.25, -0.2) is 0 Å². The lowest BCUT2D eigenvalue weighted by Crippen LogP contribution is -2.19. The van der Waals surface area contributed by atoms with Crippen molar-refractivity contribution >= 4 is 5.91 Å². The Hall–Kier alpha value is -1.30. The molecule has 3 heteroatoms. The zero-order valence-corrected chi connectivity index (χ0v) is 7.01. The number of nitriles is 1. The molecule has 0 fully saturated rings. The third-order valence-electron chi connectivity index (χ3n) is 1.09. The molecule has 1 N–H and O–H groups in total. The molecule has 3 nitrogen and oxygen atoms in total. The van der Waals surface area contributed by atoms with E-state index in [0.717, 1.165) is 0 Å². The predicted octanol–water partition coefficient (Wildman–Crippen LogP) is 0.838. The average molecular weight is 152 g/mol. The maximum absolute atomic E-state index is 10.9. The zero-order valence-electron chi connectivity index (χ0n) is 7.01. The number of carbonyl (C=O) groups is 1. The number of hydrogen-bond donors (Lipinski definition) is 1. The summed E-state index contributed by atoms with van der Waals surface area (Å²) in [6.45, 7) is 3.83. The van der Waals surface area contributed by atoms with Crippen LogP contribution in [0.3, 0.4) is 0 Å². The molecule has 0 heterocycles. The second-order valence-corrected chi connectivity index (χ2v) is 2.52. The van der Waals surface area contributed by atoms with Crippen LogP contribution in [-0.4, -0.2) is 13.0 Å². The van der Waals surface area contributed by atoms with Gasteiger partial charge >= 0.3 is 0 Å². The first kappa shape index (κ1) is 9.70. The number of allylic oxidation sites excluding steroid dienone is 1. The molecule has 11 heavy (non-hydrogen) atoms. The highest BCUT2D eigenvalue weighted by atomic mass is 16.1. The van der Waals surface area contributed by atoms with E-state index in [9.17, 15) is 4.79 Å². The van der Waals surface area contributed by atoms with Crippen LogP contribution in [0.1, 0.15) is 13.8 Å². The lowest BCUT2D eigenvalue weighted by Gasteiger charge is -1.98. The summed E-state index contributed by atoms with van der Waals surface area (Å²) < 4.78 is 0. The summed E-state index contributed by atoms with van der Waals surface area (Å²) in [6.07, 6.45) is 1.64. The lowest BCUT2D eigenvalue weighted by atomic mass is 10.1. The van der Waals surface area contributed by atoms with Gasteiger partial charge in [0.15, 0.2) is 0 Å². The van der Waals surface area contributed by atoms with E-state index in [1.54, 1.807) is 6.08 Å². The van der Waals surface area contributed by atoms with E-state index >= 15 is 0 Å². The van der Waals surface area contributed by atoms with Gasteiger partial charge in [0, 0.05) is 7.05 Å². The standard InChI is InChI=1S/C8H12N2O/c1-6(2)4-7(5-9)8(11)10-3/h4,6H,1-3H3,(H,10,11)/b7-4+. The number of nitrogens with one attached hydrogen (secondary N) is 1. The van der Waals surface area contributed by atoms with Crippen LogP contribution >= 0.6 is 0 Å². The topological polar surface area (TPSA) is 52.9 Å². The van der Waals surface area contributed by atoms with E-state index in [-0.39, 0.29) is 17.4 Å². The Balaban J connectivity index is 4.43. The molecule has 0 aliphatic heterocycles. The molecule has 0 aromatic carbocycles. The van der Waals surface area contributed by atoms with Crippen molar-refractivity contribution in [2.24, 2.45) is 5.92 Å². The summed E-state index contributed by atoms with van der Waals surface area (Å²) in [6, 6.07) is 1.83. The van der Waals surface area contributed by atoms with Gasteiger partial charge < -0.3 is 5.32 Å². The molecular weight excluding hydrogens is 140 g/mol. The maximum Gasteiger partial charge on any atom is 0.261 e. The van der Waals surface area contributed by atoms with E-state index in [1.807, 2.05) is 19.9 Å². The van der Waals surface area contributed by atoms with Gasteiger partial charge in [-0.15, -0.1) is 0 Å². The Bertz CT molecular complexity index is 211. The number of rotatable bonds is 2. The molecule has 0 unspecified atom stereocenters. The predicted molar refractivity (Wildman–Crippen MR) is 42.6 cm³/mol. The molecule has 1 amide bonds. The number of nitrogens with zero attached hydrogens (tertiary/aromatic N) is 1. The van der Waals surface area contributed by atoms with Crippen LogP contribution in [0, 0.1) is 17.2 Å². The van der Waals surface area contributed by atoms with Gasteiger partial charge in [-0.1, -0.05) is 19.9 Å². The molecule has 0 saturated carbocycles. The molecule has 0 spiro atoms. The van der Waals surface area contributed by atoms with E-state index in [4.69, 9.17) is 5.26 Å². The highest BCUT2D eigenvalue weighted by Crippen LogP contribution is 2.00. The number of amides is 1. The Morgan fingerprint density at radius 1 is 1.64 bits per heavy atom. The number of likely N-dealkylation sites (N-methyl/N-ethyl adjacent to an activating group) is 1. The van der Waals surface area contributed by atoms with Crippen molar-refractivity contribution in [1.29, 1.82) is 5.26 Å². The van der Waals surface area contributed by atoms with Crippen LogP contribution in [0.5, 0.6) is 0 Å². The second-order valence-electron chi connectivity index (χ2n) is 2.52. The molecule has 0 aliphatic rings. The van der Waals surface area contributed by atoms with Crippen LogP contribution < -0.4 is 5.32 Å². The van der Waals surface area contributed by atoms with Gasteiger partial charge in [0.2, 0.25) is 0 Å². The molecule has 0 aromatic heterocycles. The highest BCUT2D eigenvalue weighted by molar-refractivity contribution is 5.96. The summed E-state index contributed by atoms with van der Waals surface area (Å²) in [5, 5.41) is 10.9. The summed E-state index contributed by atoms with van der Waals surface area (Å²) in [5.74, 6) is -0.0943. The van der Waals surface area contributed by atoms with Crippen molar-refractivity contribution in [2.75, 3.05) is 7.05 Å². The van der Waals surface area contributed by atoms with Crippen molar-refractivity contribution < 1.29 is 4.79 Å². The zero-order chi connectivity index (χ0) is 8.85. The SMILES string of the molecule is CNC(=O)/C(C#N)=C/C(C)C. The van der Waals surface area contributed by atoms with Gasteiger partial charge in [0.25, 0.3) is 5.91 Å². The fourth-order valence-corrected chi connectivity index (χ4v) is 0.632. The normalized spacial score (nSPS) is 11.0. The van der Waals surface area contributed by atoms with Gasteiger partial charge in [-0.3, -0.25) is 4.79 Å². The third kappa shape index (κ3) is 3.41. The lowest BCUT2D eigenvalue weighted by molar-refractivity contribution is -0.116. The quantitative estimate of drug-likeness (QED) is 0.471. The molecular formula is C8H12N2O. The van der Waals surface area contributed by atoms with Crippen molar-refractivity contribution in [3.8, 4) is 6.07 Å². The van der Waals surface area contributed by atoms with Gasteiger partial charge in [-0.2, -0.15) is 5.26 Å². The van der Waals surface area contributed by atoms with Crippen LogP contribution in [0.25, 0.3) is 0 Å². The third-order valence-corrected chi connectivity index (χ3v) is 1.09. The van der Waals surface area contributed by atoms with Gasteiger partial charge in [0.05, 0.1) is 0 Å². The van der Waals surface area contributed by atoms with Crippen LogP contribution in [-0.2, 0) is 4.79 Å². The number of hydrogen-bond acceptors (Lipinski definition) is 2. The minimum Gasteiger partial charge on any atom is -0.354 e. The van der Waals surface area contributed by atoms with Crippen molar-refractivity contribution in [3.63, 3.8) is 0 Å². The summed E-state index contributed by atoms with van der Waals surface area (Å²) in [4.78, 5) is 10.9. The van der Waals surface area contributed by atoms with E-state index < -0.39 is 0 Å². The molecule has 0 aromatic rings. The number of carbonyl (C=O) groups excluding carboxylic acids is 1. The fraction of sp³-hybridized carbons (Fsp3) is 0.500. The Kier molecular flexibility index (Phi) is 3.97. The molecule has 0 radical (unpaired) electrons. The molecule has 0 saturated heterocycles. The molecule has 60 valence electrons. The van der Waals surface area contributed by atoms with E-state index in [0.29, 0.717) is 0 Å².